The third-order valence-electron chi connectivity index (χ3n) is 7.66. The molecule has 2 saturated carbocycles. The molecule has 5 nitrogen and oxygen atoms in total. The van der Waals surface area contributed by atoms with Crippen molar-refractivity contribution < 1.29 is 9.53 Å². The van der Waals surface area contributed by atoms with Gasteiger partial charge in [0, 0.05) is 17.6 Å². The standard InChI is InChI=1S/C30H39N3O2/c1-22(2)35-26-19-17-23(18-20-26)30-31-27-15-9-10-16-28(27)32(30)21-29(34)33(24-11-5-3-6-12-24)25-13-7-4-8-14-25/h9-10,15-20,22,24-25H,3-8,11-14,21H2,1-2H3. The van der Waals surface area contributed by atoms with Crippen LogP contribution in [-0.2, 0) is 11.3 Å². The van der Waals surface area contributed by atoms with E-state index < -0.39 is 0 Å². The largest absolute Gasteiger partial charge is 0.491 e. The molecular formula is C30H39N3O2. The van der Waals surface area contributed by atoms with Crippen molar-refractivity contribution in [1.29, 1.82) is 0 Å². The summed E-state index contributed by atoms with van der Waals surface area (Å²) in [5.41, 5.74) is 2.96. The zero-order valence-electron chi connectivity index (χ0n) is 21.3. The van der Waals surface area contributed by atoms with Gasteiger partial charge in [0.25, 0.3) is 0 Å². The fourth-order valence-electron chi connectivity index (χ4n) is 6.05. The predicted octanol–water partition coefficient (Wildman–Crippen LogP) is 6.98. The van der Waals surface area contributed by atoms with Crippen LogP contribution in [0, 0.1) is 0 Å². The minimum Gasteiger partial charge on any atom is -0.491 e. The van der Waals surface area contributed by atoms with Crippen molar-refractivity contribution in [3.63, 3.8) is 0 Å². The SMILES string of the molecule is CC(C)Oc1ccc(-c2nc3ccccc3n2CC(=O)N(C2CCCCC2)C2CCCCC2)cc1. The van der Waals surface area contributed by atoms with Gasteiger partial charge in [-0.3, -0.25) is 4.79 Å². The first kappa shape index (κ1) is 23.9. The Bertz CT molecular complexity index is 1100. The Morgan fingerprint density at radius 3 is 2.11 bits per heavy atom. The molecule has 5 heteroatoms. The Balaban J connectivity index is 1.47. The fourth-order valence-corrected chi connectivity index (χ4v) is 6.05. The third-order valence-corrected chi connectivity index (χ3v) is 7.66. The molecule has 0 N–H and O–H groups in total. The number of carbonyl (C=O) groups excluding carboxylic acids is 1. The normalized spacial score (nSPS) is 17.7. The van der Waals surface area contributed by atoms with Gasteiger partial charge in [-0.15, -0.1) is 0 Å². The third kappa shape index (κ3) is 5.39. The summed E-state index contributed by atoms with van der Waals surface area (Å²) in [4.78, 5) is 21.3. The number of amides is 1. The molecule has 0 unspecified atom stereocenters. The first-order chi connectivity index (χ1) is 17.1. The lowest BCUT2D eigenvalue weighted by Gasteiger charge is -2.42. The number of hydrogen-bond donors (Lipinski definition) is 0. The summed E-state index contributed by atoms with van der Waals surface area (Å²) < 4.78 is 7.97. The maximum Gasteiger partial charge on any atom is 0.243 e. The summed E-state index contributed by atoms with van der Waals surface area (Å²) in [6.45, 7) is 4.40. The smallest absolute Gasteiger partial charge is 0.243 e. The Morgan fingerprint density at radius 1 is 0.914 bits per heavy atom. The summed E-state index contributed by atoms with van der Waals surface area (Å²) in [5, 5.41) is 0. The van der Waals surface area contributed by atoms with E-state index in [9.17, 15) is 4.79 Å². The number of para-hydroxylation sites is 2. The number of aromatic nitrogens is 2. The molecule has 3 aromatic rings. The lowest BCUT2D eigenvalue weighted by Crippen LogP contribution is -2.50. The van der Waals surface area contributed by atoms with Crippen LogP contribution < -0.4 is 4.74 Å². The van der Waals surface area contributed by atoms with E-state index in [0.717, 1.165) is 53.9 Å². The zero-order valence-corrected chi connectivity index (χ0v) is 21.3. The number of imidazole rings is 1. The van der Waals surface area contributed by atoms with E-state index in [1.54, 1.807) is 0 Å². The van der Waals surface area contributed by atoms with Crippen molar-refractivity contribution >= 4 is 16.9 Å². The summed E-state index contributed by atoms with van der Waals surface area (Å²) in [7, 11) is 0. The van der Waals surface area contributed by atoms with Gasteiger partial charge in [-0.25, -0.2) is 4.98 Å². The molecule has 5 rings (SSSR count). The van der Waals surface area contributed by atoms with E-state index >= 15 is 0 Å². The Hall–Kier alpha value is -2.82. The van der Waals surface area contributed by atoms with Crippen LogP contribution in [0.1, 0.15) is 78.1 Å². The van der Waals surface area contributed by atoms with Gasteiger partial charge in [0.1, 0.15) is 18.1 Å². The minimum atomic E-state index is 0.133. The van der Waals surface area contributed by atoms with E-state index in [1.165, 1.54) is 38.5 Å². The molecule has 35 heavy (non-hydrogen) atoms. The highest BCUT2D eigenvalue weighted by atomic mass is 16.5. The Kier molecular flexibility index (Phi) is 7.40. The second-order valence-electron chi connectivity index (χ2n) is 10.6. The maximum absolute atomic E-state index is 14.1. The van der Waals surface area contributed by atoms with Crippen LogP contribution in [0.2, 0.25) is 0 Å². The van der Waals surface area contributed by atoms with Crippen molar-refractivity contribution in [2.45, 2.75) is 103 Å². The second-order valence-corrected chi connectivity index (χ2v) is 10.6. The summed E-state index contributed by atoms with van der Waals surface area (Å²) in [5.74, 6) is 1.96. The van der Waals surface area contributed by atoms with Crippen molar-refractivity contribution in [2.24, 2.45) is 0 Å². The van der Waals surface area contributed by atoms with E-state index in [4.69, 9.17) is 9.72 Å². The van der Waals surface area contributed by atoms with Gasteiger partial charge in [0.05, 0.1) is 17.1 Å². The minimum absolute atomic E-state index is 0.133. The average molecular weight is 474 g/mol. The molecule has 1 amide bonds. The molecule has 0 radical (unpaired) electrons. The highest BCUT2D eigenvalue weighted by Gasteiger charge is 2.33. The molecule has 2 fully saturated rings. The van der Waals surface area contributed by atoms with Crippen molar-refractivity contribution in [1.82, 2.24) is 14.5 Å². The van der Waals surface area contributed by atoms with Crippen molar-refractivity contribution in [3.8, 4) is 17.1 Å². The lowest BCUT2D eigenvalue weighted by atomic mass is 9.88. The van der Waals surface area contributed by atoms with Gasteiger partial charge in [-0.05, 0) is 75.9 Å². The van der Waals surface area contributed by atoms with Crippen molar-refractivity contribution in [2.75, 3.05) is 0 Å². The van der Waals surface area contributed by atoms with Crippen LogP contribution in [0.5, 0.6) is 5.75 Å². The van der Waals surface area contributed by atoms with Crippen LogP contribution in [0.25, 0.3) is 22.4 Å². The predicted molar refractivity (Wildman–Crippen MR) is 142 cm³/mol. The number of fused-ring (bicyclic) bond motifs is 1. The Labute approximate surface area is 209 Å². The topological polar surface area (TPSA) is 47.4 Å². The monoisotopic (exact) mass is 473 g/mol. The van der Waals surface area contributed by atoms with Gasteiger partial charge in [0.15, 0.2) is 0 Å². The molecule has 2 aromatic carbocycles. The quantitative estimate of drug-likeness (QED) is 0.372. The molecule has 0 spiro atoms. The summed E-state index contributed by atoms with van der Waals surface area (Å²) >= 11 is 0. The molecule has 0 atom stereocenters. The molecule has 0 bridgehead atoms. The zero-order chi connectivity index (χ0) is 24.2. The highest BCUT2D eigenvalue weighted by molar-refractivity contribution is 5.85. The number of benzene rings is 2. The van der Waals surface area contributed by atoms with Gasteiger partial charge in [-0.1, -0.05) is 50.7 Å². The number of carbonyl (C=O) groups is 1. The Morgan fingerprint density at radius 2 is 1.51 bits per heavy atom. The second kappa shape index (κ2) is 10.8. The molecule has 1 aromatic heterocycles. The van der Waals surface area contributed by atoms with Gasteiger partial charge >= 0.3 is 0 Å². The van der Waals surface area contributed by atoms with Gasteiger partial charge in [0.2, 0.25) is 5.91 Å². The first-order valence-electron chi connectivity index (χ1n) is 13.6. The van der Waals surface area contributed by atoms with E-state index in [-0.39, 0.29) is 12.0 Å². The van der Waals surface area contributed by atoms with E-state index in [2.05, 4.69) is 27.7 Å². The number of ether oxygens (including phenoxy) is 1. The number of nitrogens with zero attached hydrogens (tertiary/aromatic N) is 3. The van der Waals surface area contributed by atoms with Gasteiger partial charge < -0.3 is 14.2 Å². The number of hydrogen-bond acceptors (Lipinski definition) is 3. The number of rotatable bonds is 7. The van der Waals surface area contributed by atoms with Crippen LogP contribution in [0.4, 0.5) is 0 Å². The van der Waals surface area contributed by atoms with Crippen LogP contribution in [-0.4, -0.2) is 38.5 Å². The van der Waals surface area contributed by atoms with Crippen molar-refractivity contribution in [3.05, 3.63) is 48.5 Å². The first-order valence-corrected chi connectivity index (χ1v) is 13.6. The lowest BCUT2D eigenvalue weighted by molar-refractivity contribution is -0.138. The molecule has 0 aliphatic heterocycles. The van der Waals surface area contributed by atoms with Gasteiger partial charge in [-0.2, -0.15) is 0 Å². The maximum atomic E-state index is 14.1. The van der Waals surface area contributed by atoms with Crippen LogP contribution in [0.3, 0.4) is 0 Å². The van der Waals surface area contributed by atoms with E-state index in [0.29, 0.717) is 18.6 Å². The molecular weight excluding hydrogens is 434 g/mol. The highest BCUT2D eigenvalue weighted by Crippen LogP contribution is 2.32. The van der Waals surface area contributed by atoms with Crippen LogP contribution in [0.15, 0.2) is 48.5 Å². The average Bonchev–Trinajstić information content (AvgIpc) is 3.24. The molecule has 186 valence electrons. The van der Waals surface area contributed by atoms with Crippen LogP contribution >= 0.6 is 0 Å². The molecule has 0 saturated heterocycles. The van der Waals surface area contributed by atoms with E-state index in [1.807, 2.05) is 44.2 Å². The summed E-state index contributed by atoms with van der Waals surface area (Å²) in [6.07, 6.45) is 12.3. The summed E-state index contributed by atoms with van der Waals surface area (Å²) in [6, 6.07) is 17.1. The molecule has 2 aliphatic carbocycles. The molecule has 2 aliphatic rings. The fraction of sp³-hybridized carbons (Fsp3) is 0.533. The molecule has 1 heterocycles.